The molecule has 0 amide bonds. The highest BCUT2D eigenvalue weighted by Crippen LogP contribution is 2.36. The molecule has 1 unspecified atom stereocenters. The first kappa shape index (κ1) is 12.9. The van der Waals surface area contributed by atoms with Crippen LogP contribution in [0.4, 0.5) is 4.39 Å². The van der Waals surface area contributed by atoms with Crippen LogP contribution >= 0.6 is 34.5 Å². The summed E-state index contributed by atoms with van der Waals surface area (Å²) >= 11 is 13.9. The minimum absolute atomic E-state index is 0.109. The summed E-state index contributed by atoms with van der Waals surface area (Å²) < 4.78 is 13.1. The monoisotopic (exact) mass is 288 g/mol. The van der Waals surface area contributed by atoms with Crippen molar-refractivity contribution >= 4 is 34.5 Å². The van der Waals surface area contributed by atoms with Gasteiger partial charge in [0.1, 0.15) is 5.82 Å². The molecule has 1 aromatic carbocycles. The third-order valence-corrected chi connectivity index (χ3v) is 4.35. The van der Waals surface area contributed by atoms with Gasteiger partial charge in [-0.15, -0.1) is 22.9 Å². The molecule has 0 saturated heterocycles. The number of alkyl halides is 1. The predicted octanol–water partition coefficient (Wildman–Crippen LogP) is 5.49. The number of halogens is 3. The lowest BCUT2D eigenvalue weighted by molar-refractivity contribution is 0.627. The fourth-order valence-corrected chi connectivity index (χ4v) is 3.33. The van der Waals surface area contributed by atoms with E-state index in [1.54, 1.807) is 23.5 Å². The Morgan fingerprint density at radius 2 is 1.94 bits per heavy atom. The van der Waals surface area contributed by atoms with Crippen molar-refractivity contribution < 1.29 is 4.39 Å². The summed E-state index contributed by atoms with van der Waals surface area (Å²) in [7, 11) is 0. The van der Waals surface area contributed by atoms with Crippen LogP contribution in [-0.4, -0.2) is 0 Å². The Kier molecular flexibility index (Phi) is 3.76. The Morgan fingerprint density at radius 1 is 1.24 bits per heavy atom. The summed E-state index contributed by atoms with van der Waals surface area (Å²) in [5.41, 5.74) is 1.89. The normalized spacial score (nSPS) is 12.8. The number of benzene rings is 1. The topological polar surface area (TPSA) is 0 Å². The summed E-state index contributed by atoms with van der Waals surface area (Å²) in [6, 6.07) is 6.67. The quantitative estimate of drug-likeness (QED) is 0.642. The molecule has 0 aliphatic rings. The van der Waals surface area contributed by atoms with Gasteiger partial charge in [0, 0.05) is 9.75 Å². The van der Waals surface area contributed by atoms with Crippen molar-refractivity contribution in [3.63, 3.8) is 0 Å². The molecule has 1 aromatic heterocycles. The third-order valence-electron chi connectivity index (χ3n) is 2.59. The smallest absolute Gasteiger partial charge is 0.141 e. The van der Waals surface area contributed by atoms with Crippen molar-refractivity contribution in [2.24, 2.45) is 0 Å². The molecule has 0 spiro atoms. The van der Waals surface area contributed by atoms with Crippen LogP contribution in [0.5, 0.6) is 0 Å². The molecule has 0 saturated carbocycles. The SMILES string of the molecule is Cc1cc(C(Cl)c2ccc(F)c(Cl)c2)c(C)s1. The second kappa shape index (κ2) is 4.97. The Morgan fingerprint density at radius 3 is 2.47 bits per heavy atom. The first-order chi connectivity index (χ1) is 7.99. The van der Waals surface area contributed by atoms with Gasteiger partial charge in [-0.2, -0.15) is 0 Å². The van der Waals surface area contributed by atoms with E-state index in [0.717, 1.165) is 11.1 Å². The fourth-order valence-electron chi connectivity index (χ4n) is 1.75. The molecule has 2 rings (SSSR count). The van der Waals surface area contributed by atoms with Crippen molar-refractivity contribution in [3.05, 3.63) is 56.0 Å². The largest absolute Gasteiger partial charge is 0.205 e. The minimum Gasteiger partial charge on any atom is -0.205 e. The highest BCUT2D eigenvalue weighted by molar-refractivity contribution is 7.12. The van der Waals surface area contributed by atoms with Crippen LogP contribution in [0.3, 0.4) is 0 Å². The molecule has 0 bridgehead atoms. The molecule has 2 aromatic rings. The average Bonchev–Trinajstić information content (AvgIpc) is 2.61. The van der Waals surface area contributed by atoms with Gasteiger partial charge in [-0.25, -0.2) is 4.39 Å². The van der Waals surface area contributed by atoms with Crippen molar-refractivity contribution in [3.8, 4) is 0 Å². The molecule has 0 aliphatic heterocycles. The van der Waals surface area contributed by atoms with Gasteiger partial charge in [0.05, 0.1) is 10.4 Å². The zero-order valence-corrected chi connectivity index (χ0v) is 11.8. The number of aryl methyl sites for hydroxylation is 2. The number of hydrogen-bond acceptors (Lipinski definition) is 1. The summed E-state index contributed by atoms with van der Waals surface area (Å²) in [6.45, 7) is 4.08. The summed E-state index contributed by atoms with van der Waals surface area (Å²) in [5, 5.41) is -0.171. The van der Waals surface area contributed by atoms with Gasteiger partial charge in [0.25, 0.3) is 0 Å². The van der Waals surface area contributed by atoms with E-state index >= 15 is 0 Å². The molecule has 0 fully saturated rings. The van der Waals surface area contributed by atoms with E-state index < -0.39 is 5.82 Å². The van der Waals surface area contributed by atoms with E-state index in [4.69, 9.17) is 23.2 Å². The Hall–Kier alpha value is -0.570. The van der Waals surface area contributed by atoms with Crippen LogP contribution in [0.25, 0.3) is 0 Å². The van der Waals surface area contributed by atoms with Gasteiger partial charge in [0.2, 0.25) is 0 Å². The first-order valence-electron chi connectivity index (χ1n) is 5.15. The summed E-state index contributed by atoms with van der Waals surface area (Å²) in [4.78, 5) is 2.40. The minimum atomic E-state index is -0.419. The van der Waals surface area contributed by atoms with E-state index in [1.807, 2.05) is 13.8 Å². The van der Waals surface area contributed by atoms with Crippen molar-refractivity contribution in [2.75, 3.05) is 0 Å². The molecular weight excluding hydrogens is 278 g/mol. The summed E-state index contributed by atoms with van der Waals surface area (Å²) in [5.74, 6) is -0.419. The first-order valence-corrected chi connectivity index (χ1v) is 6.78. The maximum absolute atomic E-state index is 13.1. The second-order valence-electron chi connectivity index (χ2n) is 3.90. The molecule has 0 radical (unpaired) electrons. The maximum atomic E-state index is 13.1. The molecule has 1 heterocycles. The average molecular weight is 289 g/mol. The van der Waals surface area contributed by atoms with Crippen LogP contribution in [-0.2, 0) is 0 Å². The van der Waals surface area contributed by atoms with Crippen LogP contribution < -0.4 is 0 Å². The Bertz CT molecular complexity index is 548. The van der Waals surface area contributed by atoms with E-state index in [2.05, 4.69) is 6.07 Å². The zero-order valence-electron chi connectivity index (χ0n) is 9.43. The van der Waals surface area contributed by atoms with Gasteiger partial charge < -0.3 is 0 Å². The Balaban J connectivity index is 2.40. The molecule has 17 heavy (non-hydrogen) atoms. The van der Waals surface area contributed by atoms with Crippen LogP contribution in [0, 0.1) is 19.7 Å². The maximum Gasteiger partial charge on any atom is 0.141 e. The van der Waals surface area contributed by atoms with Gasteiger partial charge in [-0.1, -0.05) is 17.7 Å². The van der Waals surface area contributed by atoms with Crippen LogP contribution in [0.1, 0.15) is 26.3 Å². The van der Waals surface area contributed by atoms with E-state index in [0.29, 0.717) is 0 Å². The number of thiophene rings is 1. The summed E-state index contributed by atoms with van der Waals surface area (Å²) in [6.07, 6.45) is 0. The van der Waals surface area contributed by atoms with Crippen molar-refractivity contribution in [2.45, 2.75) is 19.2 Å². The lowest BCUT2D eigenvalue weighted by Crippen LogP contribution is -1.94. The van der Waals surface area contributed by atoms with E-state index in [9.17, 15) is 4.39 Å². The standard InChI is InChI=1S/C13H11Cl2FS/c1-7-5-10(8(2)17-7)13(15)9-3-4-12(16)11(14)6-9/h3-6,13H,1-2H3. The van der Waals surface area contributed by atoms with E-state index in [1.165, 1.54) is 15.8 Å². The fraction of sp³-hybridized carbons (Fsp3) is 0.231. The molecule has 0 aliphatic carbocycles. The highest BCUT2D eigenvalue weighted by Gasteiger charge is 2.16. The third kappa shape index (κ3) is 2.65. The molecule has 0 N–H and O–H groups in total. The van der Waals surface area contributed by atoms with E-state index in [-0.39, 0.29) is 10.4 Å². The number of hydrogen-bond donors (Lipinski definition) is 0. The van der Waals surface area contributed by atoms with Crippen molar-refractivity contribution in [1.82, 2.24) is 0 Å². The highest BCUT2D eigenvalue weighted by atomic mass is 35.5. The molecule has 1 atom stereocenters. The van der Waals surface area contributed by atoms with Gasteiger partial charge in [0.15, 0.2) is 0 Å². The predicted molar refractivity (Wildman–Crippen MR) is 72.9 cm³/mol. The van der Waals surface area contributed by atoms with Gasteiger partial charge in [-0.05, 0) is 43.2 Å². The van der Waals surface area contributed by atoms with Gasteiger partial charge in [-0.3, -0.25) is 0 Å². The molecular formula is C13H11Cl2FS. The zero-order chi connectivity index (χ0) is 12.6. The lowest BCUT2D eigenvalue weighted by atomic mass is 10.0. The molecule has 4 heteroatoms. The lowest BCUT2D eigenvalue weighted by Gasteiger charge is -2.10. The second-order valence-corrected chi connectivity index (χ2v) is 6.21. The Labute approximate surface area is 114 Å². The van der Waals surface area contributed by atoms with Crippen LogP contribution in [0.15, 0.2) is 24.3 Å². The van der Waals surface area contributed by atoms with Gasteiger partial charge >= 0.3 is 0 Å². The molecule has 90 valence electrons. The van der Waals surface area contributed by atoms with Crippen LogP contribution in [0.2, 0.25) is 5.02 Å². The van der Waals surface area contributed by atoms with Crippen molar-refractivity contribution in [1.29, 1.82) is 0 Å². The number of rotatable bonds is 2. The molecule has 0 nitrogen and oxygen atoms in total.